The maximum Gasteiger partial charge on any atom is 0.171 e. The Hall–Kier alpha value is -1.74. The first-order valence-electron chi connectivity index (χ1n) is 7.74. The maximum atomic E-state index is 8.95. The molecule has 3 nitrogen and oxygen atoms in total. The van der Waals surface area contributed by atoms with Crippen molar-refractivity contribution in [2.24, 2.45) is 0 Å². The molecule has 2 aromatic rings. The highest BCUT2D eigenvalue weighted by atomic mass is 16.3. The molecule has 0 aliphatic rings. The van der Waals surface area contributed by atoms with Gasteiger partial charge in [0.15, 0.2) is 18.9 Å². The molecule has 2 aromatic heterocycles. The van der Waals surface area contributed by atoms with Gasteiger partial charge < -0.3 is 5.11 Å². The molecule has 2 atom stereocenters. The summed E-state index contributed by atoms with van der Waals surface area (Å²) in [5, 5.41) is 8.95. The Morgan fingerprint density at radius 2 is 1.76 bits per heavy atom. The van der Waals surface area contributed by atoms with E-state index >= 15 is 0 Å². The summed E-state index contributed by atoms with van der Waals surface area (Å²) < 4.78 is 2.01. The predicted molar refractivity (Wildman–Crippen MR) is 84.0 cm³/mol. The van der Waals surface area contributed by atoms with Crippen molar-refractivity contribution in [1.82, 2.24) is 4.98 Å². The minimum absolute atomic E-state index is 0.180. The first-order chi connectivity index (χ1) is 10.2. The Morgan fingerprint density at radius 1 is 1.10 bits per heavy atom. The summed E-state index contributed by atoms with van der Waals surface area (Å²) in [6.07, 6.45) is 10.1. The lowest BCUT2D eigenvalue weighted by Crippen LogP contribution is -2.34. The van der Waals surface area contributed by atoms with Crippen LogP contribution >= 0.6 is 0 Å². The highest BCUT2D eigenvalue weighted by molar-refractivity contribution is 5.19. The number of hydrogen-bond acceptors (Lipinski definition) is 2. The number of aromatic nitrogens is 2. The Balaban J connectivity index is 2.03. The van der Waals surface area contributed by atoms with E-state index in [4.69, 9.17) is 5.11 Å². The summed E-state index contributed by atoms with van der Waals surface area (Å²) in [7, 11) is 0. The molecule has 0 fully saturated rings. The van der Waals surface area contributed by atoms with Crippen LogP contribution in [-0.2, 0) is 6.54 Å². The number of nitrogens with zero attached hydrogens (tertiary/aromatic N) is 2. The molecule has 21 heavy (non-hydrogen) atoms. The number of rotatable bonds is 7. The largest absolute Gasteiger partial charge is 0.390 e. The van der Waals surface area contributed by atoms with Gasteiger partial charge in [0.05, 0.1) is 0 Å². The summed E-state index contributed by atoms with van der Waals surface area (Å²) in [4.78, 5) is 4.10. The van der Waals surface area contributed by atoms with Crippen molar-refractivity contribution in [1.29, 1.82) is 0 Å². The second-order valence-electron chi connectivity index (χ2n) is 5.62. The standard InChI is InChI=1S/C18H25N2O/c1-3-16(18-4-8-19-9-5-18)14-15(2)17-6-10-20(11-7-17)12-13-21/h4-11,15-16,21H,3,12-14H2,1-2H3/q+1. The maximum absolute atomic E-state index is 8.95. The first kappa shape index (κ1) is 15.6. The molecule has 3 heteroatoms. The van der Waals surface area contributed by atoms with Crippen molar-refractivity contribution in [3.63, 3.8) is 0 Å². The van der Waals surface area contributed by atoms with E-state index in [-0.39, 0.29) is 6.61 Å². The van der Waals surface area contributed by atoms with Gasteiger partial charge in [0.25, 0.3) is 0 Å². The second kappa shape index (κ2) is 7.89. The van der Waals surface area contributed by atoms with Crippen LogP contribution in [0.25, 0.3) is 0 Å². The van der Waals surface area contributed by atoms with Crippen molar-refractivity contribution >= 4 is 0 Å². The van der Waals surface area contributed by atoms with Crippen LogP contribution in [0.3, 0.4) is 0 Å². The Labute approximate surface area is 127 Å². The molecule has 112 valence electrons. The molecular weight excluding hydrogens is 260 g/mol. The van der Waals surface area contributed by atoms with Gasteiger partial charge in [0.1, 0.15) is 6.61 Å². The molecule has 0 amide bonds. The van der Waals surface area contributed by atoms with Gasteiger partial charge in [-0.15, -0.1) is 0 Å². The summed E-state index contributed by atoms with van der Waals surface area (Å²) in [5.41, 5.74) is 2.74. The van der Waals surface area contributed by atoms with Crippen LogP contribution in [0.15, 0.2) is 49.1 Å². The lowest BCUT2D eigenvalue weighted by Gasteiger charge is -2.20. The van der Waals surface area contributed by atoms with Gasteiger partial charge in [-0.1, -0.05) is 13.8 Å². The minimum Gasteiger partial charge on any atom is -0.390 e. The second-order valence-corrected chi connectivity index (χ2v) is 5.62. The molecule has 2 heterocycles. The van der Waals surface area contributed by atoms with Crippen LogP contribution in [0.4, 0.5) is 0 Å². The van der Waals surface area contributed by atoms with Crippen LogP contribution < -0.4 is 4.57 Å². The normalized spacial score (nSPS) is 13.9. The van der Waals surface area contributed by atoms with Crippen LogP contribution in [0.1, 0.15) is 49.7 Å². The third-order valence-corrected chi connectivity index (χ3v) is 4.15. The van der Waals surface area contributed by atoms with Gasteiger partial charge >= 0.3 is 0 Å². The minimum atomic E-state index is 0.180. The van der Waals surface area contributed by atoms with E-state index in [9.17, 15) is 0 Å². The average Bonchev–Trinajstić information content (AvgIpc) is 2.54. The van der Waals surface area contributed by atoms with E-state index in [0.717, 1.165) is 12.8 Å². The number of aliphatic hydroxyl groups is 1. The Bertz CT molecular complexity index is 525. The van der Waals surface area contributed by atoms with Gasteiger partial charge in [0.2, 0.25) is 0 Å². The fourth-order valence-electron chi connectivity index (χ4n) is 2.80. The van der Waals surface area contributed by atoms with Crippen molar-refractivity contribution in [3.05, 3.63) is 60.2 Å². The molecule has 2 rings (SSSR count). The highest BCUT2D eigenvalue weighted by Gasteiger charge is 2.15. The summed E-state index contributed by atoms with van der Waals surface area (Å²) in [6, 6.07) is 8.58. The third kappa shape index (κ3) is 4.36. The zero-order valence-corrected chi connectivity index (χ0v) is 12.9. The third-order valence-electron chi connectivity index (χ3n) is 4.15. The van der Waals surface area contributed by atoms with Crippen LogP contribution in [0, 0.1) is 0 Å². The highest BCUT2D eigenvalue weighted by Crippen LogP contribution is 2.31. The van der Waals surface area contributed by atoms with Gasteiger partial charge in [-0.05, 0) is 47.9 Å². The van der Waals surface area contributed by atoms with E-state index in [1.165, 1.54) is 11.1 Å². The van der Waals surface area contributed by atoms with Crippen LogP contribution in [-0.4, -0.2) is 16.7 Å². The predicted octanol–water partition coefficient (Wildman–Crippen LogP) is 3.05. The molecule has 0 spiro atoms. The van der Waals surface area contributed by atoms with Crippen LogP contribution in [0.2, 0.25) is 0 Å². The average molecular weight is 285 g/mol. The lowest BCUT2D eigenvalue weighted by molar-refractivity contribution is -0.698. The monoisotopic (exact) mass is 285 g/mol. The Kier molecular flexibility index (Phi) is 5.88. The molecule has 0 aliphatic carbocycles. The van der Waals surface area contributed by atoms with Crippen molar-refractivity contribution in [3.8, 4) is 0 Å². The zero-order valence-electron chi connectivity index (χ0n) is 12.9. The topological polar surface area (TPSA) is 37.0 Å². The number of hydrogen-bond donors (Lipinski definition) is 1. The fraction of sp³-hybridized carbons (Fsp3) is 0.444. The van der Waals surface area contributed by atoms with Crippen molar-refractivity contribution < 1.29 is 9.67 Å². The zero-order chi connectivity index (χ0) is 15.1. The molecule has 0 radical (unpaired) electrons. The summed E-state index contributed by atoms with van der Waals surface area (Å²) in [5.74, 6) is 1.10. The van der Waals surface area contributed by atoms with Gasteiger partial charge in [-0.2, -0.15) is 0 Å². The van der Waals surface area contributed by atoms with Crippen molar-refractivity contribution in [2.45, 2.75) is 45.1 Å². The first-order valence-corrected chi connectivity index (χ1v) is 7.74. The molecule has 0 aliphatic heterocycles. The van der Waals surface area contributed by atoms with E-state index in [1.54, 1.807) is 0 Å². The quantitative estimate of drug-likeness (QED) is 0.794. The fourth-order valence-corrected chi connectivity index (χ4v) is 2.80. The van der Waals surface area contributed by atoms with Crippen molar-refractivity contribution in [2.75, 3.05) is 6.61 Å². The van der Waals surface area contributed by atoms with E-state index < -0.39 is 0 Å². The summed E-state index contributed by atoms with van der Waals surface area (Å²) >= 11 is 0. The van der Waals surface area contributed by atoms with E-state index in [1.807, 2.05) is 17.0 Å². The van der Waals surface area contributed by atoms with Gasteiger partial charge in [0, 0.05) is 24.5 Å². The Morgan fingerprint density at radius 3 is 2.33 bits per heavy atom. The smallest absolute Gasteiger partial charge is 0.171 e. The molecular formula is C18H25N2O+. The number of pyridine rings is 2. The molecule has 0 aromatic carbocycles. The molecule has 2 unspecified atom stereocenters. The molecule has 0 saturated carbocycles. The lowest BCUT2D eigenvalue weighted by atomic mass is 9.85. The van der Waals surface area contributed by atoms with E-state index in [2.05, 4.69) is 55.5 Å². The molecule has 0 bridgehead atoms. The van der Waals surface area contributed by atoms with E-state index in [0.29, 0.717) is 18.4 Å². The molecule has 0 saturated heterocycles. The summed E-state index contributed by atoms with van der Waals surface area (Å²) in [6.45, 7) is 5.37. The SMILES string of the molecule is CCC(CC(C)c1cc[n+](CCO)cc1)c1ccncc1. The van der Waals surface area contributed by atoms with Gasteiger partial charge in [-0.3, -0.25) is 4.98 Å². The van der Waals surface area contributed by atoms with Gasteiger partial charge in [-0.25, -0.2) is 4.57 Å². The van der Waals surface area contributed by atoms with Crippen LogP contribution in [0.5, 0.6) is 0 Å². The molecule has 1 N–H and O–H groups in total. The number of aliphatic hydroxyl groups excluding tert-OH is 1.